The van der Waals surface area contributed by atoms with Crippen LogP contribution in [0.4, 0.5) is 0 Å². The van der Waals surface area contributed by atoms with Gasteiger partial charge in [0.25, 0.3) is 0 Å². The average molecular weight is 264 g/mol. The fourth-order valence-electron chi connectivity index (χ4n) is 2.08. The predicted octanol–water partition coefficient (Wildman–Crippen LogP) is -0.608. The smallest absolute Gasteiger partial charge is 0.335 e. The molecular formula is C13H19BNO4. The number of rotatable bonds is 3. The summed E-state index contributed by atoms with van der Waals surface area (Å²) in [6.45, 7) is 3.89. The third-order valence-corrected chi connectivity index (χ3v) is 3.35. The van der Waals surface area contributed by atoms with Gasteiger partial charge in [0, 0.05) is 6.54 Å². The van der Waals surface area contributed by atoms with Gasteiger partial charge in [-0.15, -0.1) is 0 Å². The Morgan fingerprint density at radius 2 is 2.26 bits per heavy atom. The van der Waals surface area contributed by atoms with Gasteiger partial charge in [0.05, 0.1) is 12.7 Å². The van der Waals surface area contributed by atoms with E-state index in [9.17, 15) is 10.2 Å². The maximum absolute atomic E-state index is 10.0. The molecule has 1 radical (unpaired) electrons. The minimum Gasteiger partial charge on any atom is -0.491 e. The van der Waals surface area contributed by atoms with Crippen molar-refractivity contribution in [2.75, 3.05) is 19.8 Å². The van der Waals surface area contributed by atoms with Crippen LogP contribution in [0.25, 0.3) is 0 Å². The summed E-state index contributed by atoms with van der Waals surface area (Å²) in [5.41, 5.74) is 7.08. The Bertz CT molecular complexity index is 468. The molecule has 5 nitrogen and oxygen atoms in total. The van der Waals surface area contributed by atoms with Crippen LogP contribution in [0.3, 0.4) is 0 Å². The summed E-state index contributed by atoms with van der Waals surface area (Å²) >= 11 is 0. The van der Waals surface area contributed by atoms with Crippen LogP contribution in [0.2, 0.25) is 0 Å². The fraction of sp³-hybridized carbons (Fsp3) is 0.538. The molecule has 1 heterocycles. The molecule has 4 N–H and O–H groups in total. The summed E-state index contributed by atoms with van der Waals surface area (Å²) in [6.07, 6.45) is -0.767. The van der Waals surface area contributed by atoms with Crippen LogP contribution in [0.1, 0.15) is 24.2 Å². The minimum atomic E-state index is -0.780. The number of nitrogens with two attached hydrogens (primary N) is 1. The molecule has 2 atom stereocenters. The number of ether oxygens (including phenoxy) is 1. The van der Waals surface area contributed by atoms with Gasteiger partial charge in [0.15, 0.2) is 0 Å². The molecule has 0 aliphatic carbocycles. The molecule has 1 aromatic rings. The van der Waals surface area contributed by atoms with Gasteiger partial charge in [-0.05, 0) is 36.5 Å². The molecule has 1 aromatic carbocycles. The van der Waals surface area contributed by atoms with Crippen molar-refractivity contribution in [3.63, 3.8) is 0 Å². The first-order chi connectivity index (χ1) is 9.00. The Kier molecular flexibility index (Phi) is 4.15. The normalized spacial score (nSPS) is 23.8. The molecule has 1 aliphatic heterocycles. The van der Waals surface area contributed by atoms with Crippen LogP contribution in [-0.4, -0.2) is 43.1 Å². The zero-order valence-corrected chi connectivity index (χ0v) is 11.2. The largest absolute Gasteiger partial charge is 0.491 e. The highest BCUT2D eigenvalue weighted by molar-refractivity contribution is 6.49. The van der Waals surface area contributed by atoms with E-state index in [-0.39, 0.29) is 19.8 Å². The maximum atomic E-state index is 10.0. The number of fused-ring (bicyclic) bond motifs is 1. The van der Waals surface area contributed by atoms with Crippen LogP contribution in [-0.2, 0) is 4.65 Å². The van der Waals surface area contributed by atoms with Crippen LogP contribution >= 0.6 is 0 Å². The molecule has 0 fully saturated rings. The lowest BCUT2D eigenvalue weighted by Gasteiger charge is -2.25. The monoisotopic (exact) mass is 264 g/mol. The van der Waals surface area contributed by atoms with Gasteiger partial charge >= 0.3 is 7.48 Å². The lowest BCUT2D eigenvalue weighted by molar-refractivity contribution is -0.00426. The molecule has 0 unspecified atom stereocenters. The van der Waals surface area contributed by atoms with Gasteiger partial charge in [0.2, 0.25) is 0 Å². The van der Waals surface area contributed by atoms with E-state index in [1.54, 1.807) is 14.4 Å². The Labute approximate surface area is 113 Å². The first kappa shape index (κ1) is 14.3. The number of aliphatic hydroxyl groups is 2. The summed E-state index contributed by atoms with van der Waals surface area (Å²) in [4.78, 5) is 0. The van der Waals surface area contributed by atoms with Crippen molar-refractivity contribution in [3.8, 4) is 5.75 Å². The van der Waals surface area contributed by atoms with Gasteiger partial charge in [-0.2, -0.15) is 0 Å². The average Bonchev–Trinajstić information content (AvgIpc) is 2.59. The summed E-state index contributed by atoms with van der Waals surface area (Å²) in [7, 11) is 1.54. The topological polar surface area (TPSA) is 84.9 Å². The number of benzene rings is 1. The molecule has 19 heavy (non-hydrogen) atoms. The van der Waals surface area contributed by atoms with Crippen LogP contribution < -0.4 is 15.9 Å². The van der Waals surface area contributed by atoms with E-state index in [0.717, 1.165) is 5.56 Å². The third-order valence-electron chi connectivity index (χ3n) is 3.35. The molecule has 103 valence electrons. The second kappa shape index (κ2) is 5.50. The highest BCUT2D eigenvalue weighted by Gasteiger charge is 2.31. The zero-order chi connectivity index (χ0) is 14.0. The molecule has 6 heteroatoms. The third kappa shape index (κ3) is 2.77. The molecule has 0 saturated heterocycles. The molecule has 1 aliphatic rings. The van der Waals surface area contributed by atoms with Crippen molar-refractivity contribution in [2.45, 2.75) is 25.6 Å². The molecular weight excluding hydrogens is 245 g/mol. The molecule has 0 amide bonds. The van der Waals surface area contributed by atoms with Crippen molar-refractivity contribution in [3.05, 3.63) is 23.3 Å². The molecule has 0 spiro atoms. The van der Waals surface area contributed by atoms with E-state index in [4.69, 9.17) is 15.1 Å². The quantitative estimate of drug-likeness (QED) is 0.634. The first-order valence-electron chi connectivity index (χ1n) is 6.27. The van der Waals surface area contributed by atoms with Gasteiger partial charge in [0.1, 0.15) is 18.0 Å². The van der Waals surface area contributed by atoms with Crippen LogP contribution in [0, 0.1) is 6.92 Å². The lowest BCUT2D eigenvalue weighted by atomic mass is 9.78. The Morgan fingerprint density at radius 1 is 1.53 bits per heavy atom. The van der Waals surface area contributed by atoms with E-state index < -0.39 is 11.7 Å². The maximum Gasteiger partial charge on any atom is 0.335 e. The fourth-order valence-corrected chi connectivity index (χ4v) is 2.08. The Hall–Kier alpha value is -1.08. The minimum absolute atomic E-state index is 0.127. The predicted molar refractivity (Wildman–Crippen MR) is 72.7 cm³/mol. The Balaban J connectivity index is 2.41. The van der Waals surface area contributed by atoms with Crippen molar-refractivity contribution in [2.24, 2.45) is 5.73 Å². The van der Waals surface area contributed by atoms with Crippen LogP contribution in [0.15, 0.2) is 12.1 Å². The van der Waals surface area contributed by atoms with Crippen molar-refractivity contribution < 1.29 is 19.6 Å². The van der Waals surface area contributed by atoms with Gasteiger partial charge in [-0.25, -0.2) is 0 Å². The highest BCUT2D eigenvalue weighted by atomic mass is 16.5. The second-order valence-corrected chi connectivity index (χ2v) is 5.09. The molecule has 0 saturated carbocycles. The summed E-state index contributed by atoms with van der Waals surface area (Å²) in [6, 6.07) is 3.71. The van der Waals surface area contributed by atoms with E-state index in [2.05, 4.69) is 0 Å². The van der Waals surface area contributed by atoms with E-state index in [0.29, 0.717) is 16.8 Å². The lowest BCUT2D eigenvalue weighted by Crippen LogP contribution is -2.40. The zero-order valence-electron chi connectivity index (χ0n) is 11.2. The number of aryl methyl sites for hydroxylation is 1. The summed E-state index contributed by atoms with van der Waals surface area (Å²) < 4.78 is 11.3. The Morgan fingerprint density at radius 3 is 2.89 bits per heavy atom. The van der Waals surface area contributed by atoms with E-state index >= 15 is 0 Å². The molecule has 2 rings (SSSR count). The second-order valence-electron chi connectivity index (χ2n) is 5.09. The van der Waals surface area contributed by atoms with Crippen molar-refractivity contribution in [1.29, 1.82) is 0 Å². The van der Waals surface area contributed by atoms with Gasteiger partial charge in [-0.3, -0.25) is 0 Å². The molecule has 0 aromatic heterocycles. The molecule has 0 bridgehead atoms. The standard InChI is InChI=1S/C13H19BNO4/c1-8-3-4-10-12(11(8)9(17)5-15)14-19-13(2,6-16)7-18-10/h3-4,9,16-17H,5-7,15H2,1-2H3/t9-,13+/m1/s1. The summed E-state index contributed by atoms with van der Waals surface area (Å²) in [5.74, 6) is 0.630. The number of hydrogen-bond donors (Lipinski definition) is 3. The first-order valence-corrected chi connectivity index (χ1v) is 6.27. The number of hydrogen-bond acceptors (Lipinski definition) is 5. The SMILES string of the molecule is Cc1ccc2c(c1[C@H](O)CN)[B]O[C@@](C)(CO)CO2. The van der Waals surface area contributed by atoms with Crippen molar-refractivity contribution >= 4 is 12.9 Å². The highest BCUT2D eigenvalue weighted by Crippen LogP contribution is 2.24. The summed E-state index contributed by atoms with van der Waals surface area (Å²) in [5, 5.41) is 19.4. The van der Waals surface area contributed by atoms with Crippen LogP contribution in [0.5, 0.6) is 5.75 Å². The number of aliphatic hydroxyl groups excluding tert-OH is 2. The van der Waals surface area contributed by atoms with Crippen molar-refractivity contribution in [1.82, 2.24) is 0 Å². The van der Waals surface area contributed by atoms with E-state index in [1.807, 2.05) is 19.1 Å². The van der Waals surface area contributed by atoms with Gasteiger partial charge < -0.3 is 25.3 Å². The van der Waals surface area contributed by atoms with Gasteiger partial charge in [-0.1, -0.05) is 6.07 Å². The van der Waals surface area contributed by atoms with E-state index in [1.165, 1.54) is 0 Å².